The van der Waals surface area contributed by atoms with Gasteiger partial charge in [0.05, 0.1) is 0 Å². The van der Waals surface area contributed by atoms with Crippen molar-refractivity contribution in [1.82, 2.24) is 4.90 Å². The first-order valence-electron chi connectivity index (χ1n) is 8.80. The highest BCUT2D eigenvalue weighted by atomic mass is 32.2. The Morgan fingerprint density at radius 1 is 1.00 bits per heavy atom. The fraction of sp³-hybridized carbons (Fsp3) is 0.938. The molecule has 24 heavy (non-hydrogen) atoms. The van der Waals surface area contributed by atoms with Crippen molar-refractivity contribution in [3.8, 4) is 0 Å². The number of rotatable bonds is 3. The molecule has 0 aromatic rings. The van der Waals surface area contributed by atoms with Crippen molar-refractivity contribution < 1.29 is 21.6 Å². The van der Waals surface area contributed by atoms with Crippen LogP contribution in [0.15, 0.2) is 4.40 Å². The standard InChI is InChI=1S/C16H27F3N2O2S/c1-12-7-6-8-13(2)21(12)15(11-14-9-4-3-5-10-14)20-24(22,23)16(17,18)19/h12-14H,3-11H2,1-2H3/t12-,13+. The average Bonchev–Trinajstić information content (AvgIpc) is 2.46. The van der Waals surface area contributed by atoms with Crippen LogP contribution in [-0.2, 0) is 10.0 Å². The lowest BCUT2D eigenvalue weighted by molar-refractivity contribution is -0.0435. The molecular formula is C16H27F3N2O2S. The molecule has 4 nitrogen and oxygen atoms in total. The molecule has 0 amide bonds. The highest BCUT2D eigenvalue weighted by Gasteiger charge is 2.47. The Hall–Kier alpha value is -0.790. The van der Waals surface area contributed by atoms with Gasteiger partial charge in [0.2, 0.25) is 0 Å². The Kier molecular flexibility index (Phi) is 6.20. The minimum atomic E-state index is -5.50. The van der Waals surface area contributed by atoms with Crippen LogP contribution < -0.4 is 0 Å². The summed E-state index contributed by atoms with van der Waals surface area (Å²) in [5.74, 6) is 0.334. The van der Waals surface area contributed by atoms with E-state index in [-0.39, 0.29) is 23.8 Å². The SMILES string of the molecule is C[C@@H]1CCC[C@H](C)N1C(CC1CCCCC1)=NS(=O)(=O)C(F)(F)F. The van der Waals surface area contributed by atoms with Gasteiger partial charge in [-0.25, -0.2) is 0 Å². The van der Waals surface area contributed by atoms with Crippen LogP contribution in [0, 0.1) is 5.92 Å². The second-order valence-corrected chi connectivity index (χ2v) is 8.77. The summed E-state index contributed by atoms with van der Waals surface area (Å²) in [6.45, 7) is 3.87. The molecule has 1 heterocycles. The fourth-order valence-electron chi connectivity index (χ4n) is 3.96. The number of piperidine rings is 1. The number of amidine groups is 1. The summed E-state index contributed by atoms with van der Waals surface area (Å²) in [6.07, 6.45) is 8.12. The van der Waals surface area contributed by atoms with Crippen LogP contribution in [0.2, 0.25) is 0 Å². The highest BCUT2D eigenvalue weighted by molar-refractivity contribution is 7.91. The molecule has 0 spiro atoms. The number of likely N-dealkylation sites (tertiary alicyclic amines) is 1. The molecule has 8 heteroatoms. The van der Waals surface area contributed by atoms with Crippen LogP contribution in [-0.4, -0.2) is 36.7 Å². The first kappa shape index (κ1) is 19.5. The van der Waals surface area contributed by atoms with E-state index in [1.54, 1.807) is 0 Å². The average molecular weight is 368 g/mol. The maximum Gasteiger partial charge on any atom is 0.518 e. The summed E-state index contributed by atoms with van der Waals surface area (Å²) in [6, 6.07) is 0.0269. The summed E-state index contributed by atoms with van der Waals surface area (Å²) >= 11 is 0. The van der Waals surface area contributed by atoms with Crippen molar-refractivity contribution in [2.24, 2.45) is 10.3 Å². The minimum absolute atomic E-state index is 0.0134. The smallest absolute Gasteiger partial charge is 0.354 e. The summed E-state index contributed by atoms with van der Waals surface area (Å²) in [7, 11) is -5.50. The molecular weight excluding hydrogens is 341 g/mol. The van der Waals surface area contributed by atoms with E-state index < -0.39 is 15.5 Å². The molecule has 1 aliphatic carbocycles. The molecule has 0 N–H and O–H groups in total. The van der Waals surface area contributed by atoms with Crippen molar-refractivity contribution in [3.05, 3.63) is 0 Å². The molecule has 0 unspecified atom stereocenters. The summed E-state index contributed by atoms with van der Waals surface area (Å²) in [4.78, 5) is 1.82. The minimum Gasteiger partial charge on any atom is -0.354 e. The van der Waals surface area contributed by atoms with E-state index in [2.05, 4.69) is 4.40 Å². The molecule has 0 radical (unpaired) electrons. The van der Waals surface area contributed by atoms with Crippen LogP contribution in [0.3, 0.4) is 0 Å². The molecule has 1 aliphatic heterocycles. The molecule has 2 fully saturated rings. The van der Waals surface area contributed by atoms with E-state index in [0.29, 0.717) is 6.42 Å². The summed E-state index contributed by atoms with van der Waals surface area (Å²) in [5.41, 5.74) is -5.34. The zero-order valence-corrected chi connectivity index (χ0v) is 15.2. The van der Waals surface area contributed by atoms with Gasteiger partial charge in [-0.05, 0) is 39.0 Å². The Morgan fingerprint density at radius 3 is 2.04 bits per heavy atom. The third kappa shape index (κ3) is 4.64. The van der Waals surface area contributed by atoms with E-state index in [0.717, 1.165) is 51.4 Å². The van der Waals surface area contributed by atoms with Crippen molar-refractivity contribution in [1.29, 1.82) is 0 Å². The molecule has 1 saturated carbocycles. The normalized spacial score (nSPS) is 28.2. The monoisotopic (exact) mass is 368 g/mol. The Labute approximate surface area is 142 Å². The molecule has 140 valence electrons. The van der Waals surface area contributed by atoms with E-state index >= 15 is 0 Å². The number of hydrogen-bond acceptors (Lipinski definition) is 2. The van der Waals surface area contributed by atoms with Gasteiger partial charge in [-0.3, -0.25) is 0 Å². The number of halogens is 3. The Morgan fingerprint density at radius 2 is 1.54 bits per heavy atom. The van der Waals surface area contributed by atoms with Gasteiger partial charge in [0.25, 0.3) is 0 Å². The van der Waals surface area contributed by atoms with E-state index in [4.69, 9.17) is 0 Å². The first-order valence-corrected chi connectivity index (χ1v) is 10.2. The van der Waals surface area contributed by atoms with Crippen molar-refractivity contribution in [2.45, 2.75) is 89.2 Å². The van der Waals surface area contributed by atoms with Gasteiger partial charge >= 0.3 is 15.5 Å². The second-order valence-electron chi connectivity index (χ2n) is 7.17. The van der Waals surface area contributed by atoms with Gasteiger partial charge in [-0.1, -0.05) is 32.1 Å². The van der Waals surface area contributed by atoms with Crippen LogP contribution in [0.4, 0.5) is 13.2 Å². The Bertz CT molecular complexity index is 544. The summed E-state index contributed by atoms with van der Waals surface area (Å²) < 4.78 is 65.0. The van der Waals surface area contributed by atoms with Crippen LogP contribution in [0.25, 0.3) is 0 Å². The fourth-order valence-corrected chi connectivity index (χ4v) is 4.51. The molecule has 2 aliphatic rings. The molecule has 2 atom stereocenters. The number of sulfonamides is 1. The topological polar surface area (TPSA) is 49.7 Å². The van der Waals surface area contributed by atoms with E-state index in [1.807, 2.05) is 18.7 Å². The number of alkyl halides is 3. The third-order valence-electron chi connectivity index (χ3n) is 5.21. The molecule has 1 saturated heterocycles. The lowest BCUT2D eigenvalue weighted by Gasteiger charge is -2.42. The van der Waals surface area contributed by atoms with Crippen molar-refractivity contribution >= 4 is 15.9 Å². The largest absolute Gasteiger partial charge is 0.518 e. The van der Waals surface area contributed by atoms with Crippen molar-refractivity contribution in [2.75, 3.05) is 0 Å². The highest BCUT2D eigenvalue weighted by Crippen LogP contribution is 2.32. The summed E-state index contributed by atoms with van der Waals surface area (Å²) in [5, 5.41) is 0. The van der Waals surface area contributed by atoms with Gasteiger partial charge in [-0.15, -0.1) is 4.40 Å². The predicted molar refractivity (Wildman–Crippen MR) is 88.2 cm³/mol. The number of nitrogens with zero attached hydrogens (tertiary/aromatic N) is 2. The molecule has 0 bridgehead atoms. The van der Waals surface area contributed by atoms with Gasteiger partial charge in [0.1, 0.15) is 5.84 Å². The quantitative estimate of drug-likeness (QED) is 0.546. The van der Waals surface area contributed by atoms with Crippen molar-refractivity contribution in [3.63, 3.8) is 0 Å². The van der Waals surface area contributed by atoms with Gasteiger partial charge in [0.15, 0.2) is 0 Å². The lowest BCUT2D eigenvalue weighted by Crippen LogP contribution is -2.48. The van der Waals surface area contributed by atoms with Crippen LogP contribution in [0.1, 0.15) is 71.6 Å². The van der Waals surface area contributed by atoms with E-state index in [9.17, 15) is 21.6 Å². The second kappa shape index (κ2) is 7.62. The van der Waals surface area contributed by atoms with Gasteiger partial charge in [-0.2, -0.15) is 21.6 Å². The van der Waals surface area contributed by atoms with E-state index in [1.165, 1.54) is 0 Å². The Balaban J connectivity index is 2.33. The zero-order chi connectivity index (χ0) is 18.0. The lowest BCUT2D eigenvalue weighted by atomic mass is 9.85. The van der Waals surface area contributed by atoms with Gasteiger partial charge < -0.3 is 4.90 Å². The van der Waals surface area contributed by atoms with Gasteiger partial charge in [0, 0.05) is 18.5 Å². The zero-order valence-electron chi connectivity index (χ0n) is 14.3. The van der Waals surface area contributed by atoms with Crippen LogP contribution >= 0.6 is 0 Å². The molecule has 0 aromatic heterocycles. The predicted octanol–water partition coefficient (Wildman–Crippen LogP) is 4.47. The first-order chi connectivity index (χ1) is 11.1. The maximum absolute atomic E-state index is 12.8. The molecule has 0 aromatic carbocycles. The third-order valence-corrected chi connectivity index (χ3v) is 6.24. The maximum atomic E-state index is 12.8. The van der Waals surface area contributed by atoms with Crippen LogP contribution in [0.5, 0.6) is 0 Å². The number of hydrogen-bond donors (Lipinski definition) is 0. The molecule has 2 rings (SSSR count).